The fourth-order valence-corrected chi connectivity index (χ4v) is 6.49. The minimum absolute atomic E-state index is 0.423. The third kappa shape index (κ3) is 2.83. The molecule has 0 radical (unpaired) electrons. The van der Waals surface area contributed by atoms with Crippen molar-refractivity contribution in [2.45, 2.75) is 11.1 Å². The molecule has 0 N–H and O–H groups in total. The number of nitrogens with zero attached hydrogens (tertiary/aromatic N) is 3. The highest BCUT2D eigenvalue weighted by Crippen LogP contribution is 2.31. The number of thiophene rings is 1. The molecule has 0 bridgehead atoms. The molecular formula is C16H17N3O2S3. The molecule has 24 heavy (non-hydrogen) atoms. The van der Waals surface area contributed by atoms with Crippen molar-refractivity contribution in [2.24, 2.45) is 0 Å². The molecule has 1 fully saturated rings. The van der Waals surface area contributed by atoms with Crippen LogP contribution in [-0.2, 0) is 10.0 Å². The first kappa shape index (κ1) is 16.0. The van der Waals surface area contributed by atoms with Crippen molar-refractivity contribution in [2.75, 3.05) is 31.1 Å². The minimum Gasteiger partial charge on any atom is -0.345 e. The molecule has 0 spiro atoms. The highest BCUT2D eigenvalue weighted by molar-refractivity contribution is 7.91. The molecule has 3 heterocycles. The van der Waals surface area contributed by atoms with Crippen molar-refractivity contribution in [1.29, 1.82) is 0 Å². The van der Waals surface area contributed by atoms with E-state index in [4.69, 9.17) is 4.98 Å². The predicted molar refractivity (Wildman–Crippen MR) is 99.6 cm³/mol. The maximum atomic E-state index is 12.6. The lowest BCUT2D eigenvalue weighted by atomic mass is 10.2. The van der Waals surface area contributed by atoms with E-state index in [1.54, 1.807) is 33.2 Å². The number of piperazine rings is 1. The average Bonchev–Trinajstić information content (AvgIpc) is 3.24. The number of hydrogen-bond acceptors (Lipinski definition) is 6. The van der Waals surface area contributed by atoms with Gasteiger partial charge in [0.25, 0.3) is 10.0 Å². The third-order valence-electron chi connectivity index (χ3n) is 4.13. The van der Waals surface area contributed by atoms with Crippen LogP contribution in [0.15, 0.2) is 39.9 Å². The lowest BCUT2D eigenvalue weighted by molar-refractivity contribution is 0.386. The van der Waals surface area contributed by atoms with Gasteiger partial charge < -0.3 is 4.90 Å². The third-order valence-corrected chi connectivity index (χ3v) is 8.48. The van der Waals surface area contributed by atoms with Gasteiger partial charge in [-0.3, -0.25) is 0 Å². The minimum atomic E-state index is -3.35. The summed E-state index contributed by atoms with van der Waals surface area (Å²) in [6.07, 6.45) is 0. The van der Waals surface area contributed by atoms with Gasteiger partial charge in [0.05, 0.1) is 10.2 Å². The van der Waals surface area contributed by atoms with Crippen LogP contribution in [-0.4, -0.2) is 43.9 Å². The highest BCUT2D eigenvalue weighted by Gasteiger charge is 2.30. The highest BCUT2D eigenvalue weighted by atomic mass is 32.2. The summed E-state index contributed by atoms with van der Waals surface area (Å²) in [5.74, 6) is 0. The molecule has 126 valence electrons. The molecule has 1 aromatic carbocycles. The molecule has 5 nitrogen and oxygen atoms in total. The van der Waals surface area contributed by atoms with Crippen molar-refractivity contribution in [3.63, 3.8) is 0 Å². The van der Waals surface area contributed by atoms with E-state index in [1.165, 1.54) is 21.6 Å². The van der Waals surface area contributed by atoms with E-state index >= 15 is 0 Å². The van der Waals surface area contributed by atoms with E-state index in [0.717, 1.165) is 10.6 Å². The normalized spacial score (nSPS) is 16.8. The van der Waals surface area contributed by atoms with Gasteiger partial charge in [0.2, 0.25) is 0 Å². The number of aromatic nitrogens is 1. The Bertz CT molecular complexity index is 956. The number of hydrogen-bond donors (Lipinski definition) is 0. The van der Waals surface area contributed by atoms with Crippen LogP contribution in [0.4, 0.5) is 5.13 Å². The number of thiazole rings is 1. The molecule has 4 rings (SSSR count). The molecule has 0 unspecified atom stereocenters. The first-order chi connectivity index (χ1) is 11.5. The molecule has 0 saturated carbocycles. The van der Waals surface area contributed by atoms with E-state index in [2.05, 4.69) is 24.0 Å². The number of anilines is 1. The summed E-state index contributed by atoms with van der Waals surface area (Å²) in [7, 11) is -3.35. The Hall–Kier alpha value is -1.48. The molecule has 0 aliphatic carbocycles. The fourth-order valence-electron chi connectivity index (χ4n) is 2.81. The molecule has 1 saturated heterocycles. The molecule has 1 aliphatic rings. The first-order valence-corrected chi connectivity index (χ1v) is 10.8. The SMILES string of the molecule is Cc1ccc2nc(N3CCN(S(=O)(=O)c4cccs4)CC3)sc2c1. The lowest BCUT2D eigenvalue weighted by Gasteiger charge is -2.33. The van der Waals surface area contributed by atoms with Gasteiger partial charge in [0.1, 0.15) is 4.21 Å². The maximum Gasteiger partial charge on any atom is 0.252 e. The summed E-state index contributed by atoms with van der Waals surface area (Å²) in [5.41, 5.74) is 2.23. The van der Waals surface area contributed by atoms with Gasteiger partial charge in [-0.2, -0.15) is 4.31 Å². The number of sulfonamides is 1. The summed E-state index contributed by atoms with van der Waals surface area (Å²) in [5, 5.41) is 2.77. The Morgan fingerprint density at radius 2 is 1.92 bits per heavy atom. The van der Waals surface area contributed by atoms with Crippen LogP contribution in [0.25, 0.3) is 10.2 Å². The van der Waals surface area contributed by atoms with Gasteiger partial charge in [-0.05, 0) is 36.1 Å². The smallest absolute Gasteiger partial charge is 0.252 e. The topological polar surface area (TPSA) is 53.5 Å². The second-order valence-corrected chi connectivity index (χ2v) is 9.91. The second-order valence-electron chi connectivity index (χ2n) is 5.79. The van der Waals surface area contributed by atoms with Gasteiger partial charge in [-0.25, -0.2) is 13.4 Å². The summed E-state index contributed by atoms with van der Waals surface area (Å²) in [4.78, 5) is 6.87. The Kier molecular flexibility index (Phi) is 4.07. The van der Waals surface area contributed by atoms with E-state index < -0.39 is 10.0 Å². The largest absolute Gasteiger partial charge is 0.345 e. The number of benzene rings is 1. The molecule has 3 aromatic rings. The van der Waals surface area contributed by atoms with E-state index in [9.17, 15) is 8.42 Å². The summed E-state index contributed by atoms with van der Waals surface area (Å²) in [6, 6.07) is 9.70. The lowest BCUT2D eigenvalue weighted by Crippen LogP contribution is -2.48. The fraction of sp³-hybridized carbons (Fsp3) is 0.312. The van der Waals surface area contributed by atoms with Crippen molar-refractivity contribution in [3.8, 4) is 0 Å². The van der Waals surface area contributed by atoms with E-state index in [0.29, 0.717) is 30.4 Å². The van der Waals surface area contributed by atoms with Crippen molar-refractivity contribution in [3.05, 3.63) is 41.3 Å². The molecule has 2 aromatic heterocycles. The van der Waals surface area contributed by atoms with Crippen LogP contribution in [0, 0.1) is 6.92 Å². The van der Waals surface area contributed by atoms with Crippen LogP contribution >= 0.6 is 22.7 Å². The zero-order chi connectivity index (χ0) is 16.7. The van der Waals surface area contributed by atoms with Crippen LogP contribution in [0.3, 0.4) is 0 Å². The second kappa shape index (κ2) is 6.11. The van der Waals surface area contributed by atoms with Crippen molar-refractivity contribution >= 4 is 48.0 Å². The molecule has 0 amide bonds. The standard InChI is InChI=1S/C16H17N3O2S3/c1-12-4-5-13-14(11-12)23-16(17-13)18-6-8-19(9-7-18)24(20,21)15-3-2-10-22-15/h2-5,10-11H,6-9H2,1H3. The summed E-state index contributed by atoms with van der Waals surface area (Å²) >= 11 is 2.94. The Morgan fingerprint density at radius 1 is 1.12 bits per heavy atom. The molecule has 8 heteroatoms. The molecule has 0 atom stereocenters. The maximum absolute atomic E-state index is 12.6. The molecule has 1 aliphatic heterocycles. The van der Waals surface area contributed by atoms with E-state index in [-0.39, 0.29) is 0 Å². The number of fused-ring (bicyclic) bond motifs is 1. The zero-order valence-electron chi connectivity index (χ0n) is 13.2. The number of rotatable bonds is 3. The average molecular weight is 380 g/mol. The van der Waals surface area contributed by atoms with Crippen LogP contribution in [0.2, 0.25) is 0 Å². The van der Waals surface area contributed by atoms with Crippen LogP contribution in [0.5, 0.6) is 0 Å². The van der Waals surface area contributed by atoms with Gasteiger partial charge in [0, 0.05) is 26.2 Å². The quantitative estimate of drug-likeness (QED) is 0.701. The Morgan fingerprint density at radius 3 is 2.62 bits per heavy atom. The predicted octanol–water partition coefficient (Wildman–Crippen LogP) is 3.18. The van der Waals surface area contributed by atoms with Gasteiger partial charge in [-0.1, -0.05) is 23.5 Å². The van der Waals surface area contributed by atoms with Gasteiger partial charge >= 0.3 is 0 Å². The Labute approximate surface area is 149 Å². The first-order valence-electron chi connectivity index (χ1n) is 7.70. The van der Waals surface area contributed by atoms with Crippen molar-refractivity contribution in [1.82, 2.24) is 9.29 Å². The van der Waals surface area contributed by atoms with Crippen LogP contribution in [0.1, 0.15) is 5.56 Å². The van der Waals surface area contributed by atoms with E-state index in [1.807, 2.05) is 6.07 Å². The monoisotopic (exact) mass is 379 g/mol. The zero-order valence-corrected chi connectivity index (χ0v) is 15.6. The molecular weight excluding hydrogens is 362 g/mol. The Balaban J connectivity index is 1.51. The number of aryl methyl sites for hydroxylation is 1. The van der Waals surface area contributed by atoms with Gasteiger partial charge in [-0.15, -0.1) is 11.3 Å². The summed E-state index contributed by atoms with van der Waals surface area (Å²) < 4.78 is 28.3. The summed E-state index contributed by atoms with van der Waals surface area (Å²) in [6.45, 7) is 4.41. The van der Waals surface area contributed by atoms with Crippen LogP contribution < -0.4 is 4.90 Å². The van der Waals surface area contributed by atoms with Gasteiger partial charge in [0.15, 0.2) is 5.13 Å². The van der Waals surface area contributed by atoms with Crippen molar-refractivity contribution < 1.29 is 8.42 Å².